The summed E-state index contributed by atoms with van der Waals surface area (Å²) in [6.45, 7) is 5.42. The van der Waals surface area contributed by atoms with Crippen molar-refractivity contribution in [2.45, 2.75) is 39.3 Å². The quantitative estimate of drug-likeness (QED) is 0.888. The van der Waals surface area contributed by atoms with Crippen LogP contribution in [0.1, 0.15) is 35.6 Å². The van der Waals surface area contributed by atoms with Crippen molar-refractivity contribution in [3.63, 3.8) is 0 Å². The fraction of sp³-hybridized carbons (Fsp3) is 0.429. The van der Waals surface area contributed by atoms with Gasteiger partial charge in [-0.15, -0.1) is 11.3 Å². The van der Waals surface area contributed by atoms with Gasteiger partial charge in [0.25, 0.3) is 5.91 Å². The molecule has 2 rings (SSSR count). The molecule has 0 aromatic carbocycles. The molecule has 0 aliphatic rings. The van der Waals surface area contributed by atoms with Crippen molar-refractivity contribution in [1.29, 1.82) is 0 Å². The van der Waals surface area contributed by atoms with Crippen molar-refractivity contribution < 1.29 is 14.3 Å². The van der Waals surface area contributed by atoms with Gasteiger partial charge in [0.1, 0.15) is 5.69 Å². The molecule has 0 spiro atoms. The van der Waals surface area contributed by atoms with Gasteiger partial charge < -0.3 is 14.8 Å². The molecule has 0 bridgehead atoms. The van der Waals surface area contributed by atoms with Crippen LogP contribution in [0.2, 0.25) is 0 Å². The van der Waals surface area contributed by atoms with Crippen molar-refractivity contribution in [3.05, 3.63) is 29.0 Å². The smallest absolute Gasteiger partial charge is 0.271 e. The molecule has 0 saturated carbocycles. The van der Waals surface area contributed by atoms with Crippen molar-refractivity contribution >= 4 is 17.2 Å². The number of rotatable bonds is 5. The molecule has 0 fully saturated rings. The number of nitrogens with one attached hydrogen (secondary N) is 1. The fourth-order valence-corrected chi connectivity index (χ4v) is 2.85. The van der Waals surface area contributed by atoms with E-state index in [2.05, 4.69) is 10.3 Å². The monoisotopic (exact) mass is 294 g/mol. The lowest BCUT2D eigenvalue weighted by atomic mass is 10.1. The number of thiazole rings is 1. The first kappa shape index (κ1) is 14.7. The first-order valence-electron chi connectivity index (χ1n) is 6.47. The Bertz CT molecular complexity index is 575. The van der Waals surface area contributed by atoms with E-state index in [-0.39, 0.29) is 11.9 Å². The van der Waals surface area contributed by atoms with E-state index in [9.17, 15) is 9.90 Å². The number of carbonyl (C=O) groups is 1. The van der Waals surface area contributed by atoms with E-state index in [1.807, 2.05) is 19.9 Å². The predicted octanol–water partition coefficient (Wildman–Crippen LogP) is 2.60. The summed E-state index contributed by atoms with van der Waals surface area (Å²) in [7, 11) is 0. The van der Waals surface area contributed by atoms with Gasteiger partial charge in [0.15, 0.2) is 10.8 Å². The SMILES string of the molecule is Cc1sc(-c2ccco2)nc1C(=O)NC(C)CC(C)O. The van der Waals surface area contributed by atoms with Crippen LogP contribution in [0.5, 0.6) is 0 Å². The summed E-state index contributed by atoms with van der Waals surface area (Å²) in [6, 6.07) is 3.50. The number of hydrogen-bond acceptors (Lipinski definition) is 5. The summed E-state index contributed by atoms with van der Waals surface area (Å²) in [5.74, 6) is 0.443. The second-order valence-corrected chi connectivity index (χ2v) is 6.06. The van der Waals surface area contributed by atoms with E-state index in [0.717, 1.165) is 4.88 Å². The number of amides is 1. The van der Waals surface area contributed by atoms with Crippen molar-refractivity contribution in [2.24, 2.45) is 0 Å². The van der Waals surface area contributed by atoms with Crippen LogP contribution >= 0.6 is 11.3 Å². The lowest BCUT2D eigenvalue weighted by molar-refractivity contribution is 0.0918. The molecule has 2 atom stereocenters. The normalized spacial score (nSPS) is 14.0. The van der Waals surface area contributed by atoms with Crippen LogP contribution in [-0.2, 0) is 0 Å². The Morgan fingerprint density at radius 2 is 2.30 bits per heavy atom. The Morgan fingerprint density at radius 3 is 2.90 bits per heavy atom. The standard InChI is InChI=1S/C14H18N2O3S/c1-8(7-9(2)17)15-13(18)12-10(3)20-14(16-12)11-5-4-6-19-11/h4-6,8-9,17H,7H2,1-3H3,(H,15,18). The second kappa shape index (κ2) is 6.19. The average Bonchev–Trinajstić information content (AvgIpc) is 2.95. The maximum Gasteiger partial charge on any atom is 0.271 e. The van der Waals surface area contributed by atoms with Gasteiger partial charge in [-0.2, -0.15) is 0 Å². The molecule has 0 aliphatic carbocycles. The van der Waals surface area contributed by atoms with Gasteiger partial charge >= 0.3 is 0 Å². The molecule has 0 radical (unpaired) electrons. The lowest BCUT2D eigenvalue weighted by Crippen LogP contribution is -2.35. The number of aryl methyl sites for hydroxylation is 1. The molecule has 1 amide bonds. The zero-order chi connectivity index (χ0) is 14.7. The largest absolute Gasteiger partial charge is 0.462 e. The second-order valence-electron chi connectivity index (χ2n) is 4.86. The van der Waals surface area contributed by atoms with Crippen molar-refractivity contribution in [1.82, 2.24) is 10.3 Å². The van der Waals surface area contributed by atoms with E-state index in [1.165, 1.54) is 11.3 Å². The highest BCUT2D eigenvalue weighted by Gasteiger charge is 2.19. The molecule has 5 nitrogen and oxygen atoms in total. The number of aliphatic hydroxyl groups excluding tert-OH is 1. The molecule has 2 aromatic rings. The number of furan rings is 1. The molecular formula is C14H18N2O3S. The summed E-state index contributed by atoms with van der Waals surface area (Å²) >= 11 is 1.43. The third-order valence-corrected chi connectivity index (χ3v) is 3.80. The minimum absolute atomic E-state index is 0.101. The number of aliphatic hydroxyl groups is 1. The zero-order valence-corrected chi connectivity index (χ0v) is 12.5. The molecule has 6 heteroatoms. The lowest BCUT2D eigenvalue weighted by Gasteiger charge is -2.14. The van der Waals surface area contributed by atoms with Crippen LogP contribution in [0.4, 0.5) is 0 Å². The topological polar surface area (TPSA) is 75.4 Å². The van der Waals surface area contributed by atoms with Gasteiger partial charge in [-0.25, -0.2) is 4.98 Å². The highest BCUT2D eigenvalue weighted by molar-refractivity contribution is 7.15. The van der Waals surface area contributed by atoms with Gasteiger partial charge in [-0.05, 0) is 39.3 Å². The number of nitrogens with zero attached hydrogens (tertiary/aromatic N) is 1. The first-order valence-corrected chi connectivity index (χ1v) is 7.29. The Labute approximate surface area is 121 Å². The average molecular weight is 294 g/mol. The summed E-state index contributed by atoms with van der Waals surface area (Å²) < 4.78 is 5.28. The van der Waals surface area contributed by atoms with Crippen LogP contribution in [0.15, 0.2) is 22.8 Å². The summed E-state index contributed by atoms with van der Waals surface area (Å²) in [4.78, 5) is 17.3. The van der Waals surface area contributed by atoms with Gasteiger partial charge in [0.05, 0.1) is 12.4 Å². The van der Waals surface area contributed by atoms with Crippen molar-refractivity contribution in [3.8, 4) is 10.8 Å². The molecule has 2 heterocycles. The summed E-state index contributed by atoms with van der Waals surface area (Å²) in [6.07, 6.45) is 1.65. The van der Waals surface area contributed by atoms with Gasteiger partial charge in [0, 0.05) is 10.9 Å². The molecule has 20 heavy (non-hydrogen) atoms. The maximum atomic E-state index is 12.2. The third kappa shape index (κ3) is 3.46. The minimum atomic E-state index is -0.444. The molecule has 0 saturated heterocycles. The molecule has 2 aromatic heterocycles. The van der Waals surface area contributed by atoms with Crippen LogP contribution in [0, 0.1) is 6.92 Å². The number of aromatic nitrogens is 1. The predicted molar refractivity (Wildman–Crippen MR) is 77.8 cm³/mol. The van der Waals surface area contributed by atoms with E-state index in [4.69, 9.17) is 4.42 Å². The van der Waals surface area contributed by atoms with Crippen molar-refractivity contribution in [2.75, 3.05) is 0 Å². The van der Waals surface area contributed by atoms with Crippen LogP contribution in [0.25, 0.3) is 10.8 Å². The minimum Gasteiger partial charge on any atom is -0.462 e. The molecule has 2 N–H and O–H groups in total. The Hall–Kier alpha value is -1.66. The van der Waals surface area contributed by atoms with Gasteiger partial charge in [-0.3, -0.25) is 4.79 Å². The van der Waals surface area contributed by atoms with E-state index in [1.54, 1.807) is 19.3 Å². The number of carbonyl (C=O) groups excluding carboxylic acids is 1. The summed E-state index contributed by atoms with van der Waals surface area (Å²) in [5.41, 5.74) is 0.416. The van der Waals surface area contributed by atoms with Crippen LogP contribution in [0.3, 0.4) is 0 Å². The van der Waals surface area contributed by atoms with Gasteiger partial charge in [-0.1, -0.05) is 0 Å². The van der Waals surface area contributed by atoms with Crippen LogP contribution < -0.4 is 5.32 Å². The van der Waals surface area contributed by atoms with E-state index < -0.39 is 6.10 Å². The maximum absolute atomic E-state index is 12.2. The van der Waals surface area contributed by atoms with Gasteiger partial charge in [0.2, 0.25) is 0 Å². The Morgan fingerprint density at radius 1 is 1.55 bits per heavy atom. The van der Waals surface area contributed by atoms with Crippen LogP contribution in [-0.4, -0.2) is 28.1 Å². The van der Waals surface area contributed by atoms with E-state index in [0.29, 0.717) is 22.9 Å². The zero-order valence-electron chi connectivity index (χ0n) is 11.7. The summed E-state index contributed by atoms with van der Waals surface area (Å²) in [5, 5.41) is 12.8. The highest BCUT2D eigenvalue weighted by Crippen LogP contribution is 2.27. The Kier molecular flexibility index (Phi) is 4.57. The molecule has 2 unspecified atom stereocenters. The van der Waals surface area contributed by atoms with E-state index >= 15 is 0 Å². The Balaban J connectivity index is 2.11. The fourth-order valence-electron chi connectivity index (χ4n) is 1.98. The molecular weight excluding hydrogens is 276 g/mol. The number of hydrogen-bond donors (Lipinski definition) is 2. The molecule has 0 aliphatic heterocycles. The first-order chi connectivity index (χ1) is 9.47. The molecule has 108 valence electrons. The highest BCUT2D eigenvalue weighted by atomic mass is 32.1. The third-order valence-electron chi connectivity index (χ3n) is 2.82.